The number of likely N-dealkylation sites (tertiary alicyclic amines) is 1. The summed E-state index contributed by atoms with van der Waals surface area (Å²) < 4.78 is 5.47. The number of carbonyl (C=O) groups is 1. The highest BCUT2D eigenvalue weighted by Crippen LogP contribution is 2.43. The fourth-order valence-corrected chi connectivity index (χ4v) is 4.79. The molecule has 4 heterocycles. The summed E-state index contributed by atoms with van der Waals surface area (Å²) in [6.07, 6.45) is 4.19. The van der Waals surface area contributed by atoms with E-state index in [9.17, 15) is 4.79 Å². The lowest BCUT2D eigenvalue weighted by Crippen LogP contribution is -2.40. The Morgan fingerprint density at radius 1 is 1.29 bits per heavy atom. The van der Waals surface area contributed by atoms with Crippen molar-refractivity contribution in [2.75, 3.05) is 37.7 Å². The van der Waals surface area contributed by atoms with Gasteiger partial charge in [0.2, 0.25) is 5.91 Å². The second kappa shape index (κ2) is 5.38. The minimum Gasteiger partial charge on any atom is -0.381 e. The molecule has 0 saturated carbocycles. The number of amides is 1. The van der Waals surface area contributed by atoms with Crippen LogP contribution in [0.2, 0.25) is 0 Å². The van der Waals surface area contributed by atoms with Crippen molar-refractivity contribution in [2.45, 2.75) is 31.7 Å². The number of thiophene rings is 1. The molecular weight excluding hydrogens is 284 g/mol. The average Bonchev–Trinajstić information content (AvgIpc) is 3.21. The molecule has 3 aliphatic rings. The molecule has 5 heteroatoms. The molecule has 0 N–H and O–H groups in total. The average molecular weight is 306 g/mol. The van der Waals surface area contributed by atoms with Crippen molar-refractivity contribution < 1.29 is 9.53 Å². The number of carbonyl (C=O) groups excluding carboxylic acids is 1. The molecule has 0 aromatic carbocycles. The van der Waals surface area contributed by atoms with E-state index < -0.39 is 0 Å². The molecule has 3 fully saturated rings. The van der Waals surface area contributed by atoms with Crippen LogP contribution in [-0.4, -0.2) is 49.7 Å². The molecule has 114 valence electrons. The quantitative estimate of drug-likeness (QED) is 0.841. The van der Waals surface area contributed by atoms with Gasteiger partial charge in [-0.25, -0.2) is 0 Å². The maximum Gasteiger partial charge on any atom is 0.227 e. The molecule has 1 unspecified atom stereocenters. The van der Waals surface area contributed by atoms with Gasteiger partial charge in [0.05, 0.1) is 5.69 Å². The van der Waals surface area contributed by atoms with Gasteiger partial charge in [0.25, 0.3) is 0 Å². The lowest BCUT2D eigenvalue weighted by atomic mass is 9.86. The Kier molecular flexibility index (Phi) is 3.52. The highest BCUT2D eigenvalue weighted by Gasteiger charge is 2.48. The molecule has 3 saturated heterocycles. The first kappa shape index (κ1) is 13.7. The van der Waals surface area contributed by atoms with Crippen LogP contribution < -0.4 is 4.90 Å². The summed E-state index contributed by atoms with van der Waals surface area (Å²) >= 11 is 1.66. The zero-order chi connectivity index (χ0) is 14.3. The summed E-state index contributed by atoms with van der Waals surface area (Å²) in [5.74, 6) is 0.308. The first-order chi connectivity index (χ1) is 10.3. The maximum absolute atomic E-state index is 12.4. The Hall–Kier alpha value is -0.910. The fourth-order valence-electron chi connectivity index (χ4n) is 4.15. The number of anilines is 1. The SMILES string of the molecule is O=C1CC2(CCN(C3CCOCC3)C2)CN1c1ccsc1. The summed E-state index contributed by atoms with van der Waals surface area (Å²) in [5.41, 5.74) is 1.28. The molecule has 1 aromatic heterocycles. The van der Waals surface area contributed by atoms with Gasteiger partial charge in [-0.15, -0.1) is 0 Å². The van der Waals surface area contributed by atoms with E-state index in [4.69, 9.17) is 4.74 Å². The molecule has 0 radical (unpaired) electrons. The Bertz CT molecular complexity index is 512. The molecule has 0 aliphatic carbocycles. The molecule has 1 amide bonds. The van der Waals surface area contributed by atoms with Gasteiger partial charge in [-0.05, 0) is 37.3 Å². The van der Waals surface area contributed by atoms with Crippen LogP contribution in [0, 0.1) is 5.41 Å². The number of rotatable bonds is 2. The maximum atomic E-state index is 12.4. The summed E-state index contributed by atoms with van der Waals surface area (Å²) in [4.78, 5) is 17.0. The largest absolute Gasteiger partial charge is 0.381 e. The Morgan fingerprint density at radius 3 is 2.90 bits per heavy atom. The van der Waals surface area contributed by atoms with Gasteiger partial charge in [-0.3, -0.25) is 9.69 Å². The van der Waals surface area contributed by atoms with E-state index in [2.05, 4.69) is 21.7 Å². The van der Waals surface area contributed by atoms with E-state index in [-0.39, 0.29) is 5.41 Å². The van der Waals surface area contributed by atoms with Crippen molar-refractivity contribution >= 4 is 22.9 Å². The van der Waals surface area contributed by atoms with Gasteiger partial charge in [0, 0.05) is 49.6 Å². The second-order valence-corrected chi connectivity index (χ2v) is 7.48. The number of hydrogen-bond donors (Lipinski definition) is 0. The standard InChI is InChI=1S/C16H22N2O2S/c19-15-9-16(12-18(15)14-3-8-21-10-14)4-5-17(11-16)13-1-6-20-7-2-13/h3,8,10,13H,1-2,4-7,9,11-12H2. The van der Waals surface area contributed by atoms with Crippen LogP contribution in [0.1, 0.15) is 25.7 Å². The second-order valence-electron chi connectivity index (χ2n) is 6.70. The van der Waals surface area contributed by atoms with E-state index in [1.165, 1.54) is 0 Å². The van der Waals surface area contributed by atoms with Crippen molar-refractivity contribution in [3.05, 3.63) is 16.8 Å². The topological polar surface area (TPSA) is 32.8 Å². The lowest BCUT2D eigenvalue weighted by Gasteiger charge is -2.32. The first-order valence-corrected chi connectivity index (χ1v) is 8.84. The molecule has 1 atom stereocenters. The molecule has 1 aromatic rings. The van der Waals surface area contributed by atoms with Crippen molar-refractivity contribution in [2.24, 2.45) is 5.41 Å². The van der Waals surface area contributed by atoms with E-state index in [0.29, 0.717) is 11.9 Å². The predicted octanol–water partition coefficient (Wildman–Crippen LogP) is 2.36. The highest BCUT2D eigenvalue weighted by atomic mass is 32.1. The molecule has 0 bridgehead atoms. The van der Waals surface area contributed by atoms with Crippen LogP contribution in [-0.2, 0) is 9.53 Å². The smallest absolute Gasteiger partial charge is 0.227 e. The van der Waals surface area contributed by atoms with E-state index in [0.717, 1.165) is 64.2 Å². The van der Waals surface area contributed by atoms with Crippen molar-refractivity contribution in [1.82, 2.24) is 4.90 Å². The Labute approximate surface area is 129 Å². The van der Waals surface area contributed by atoms with Crippen molar-refractivity contribution in [3.63, 3.8) is 0 Å². The van der Waals surface area contributed by atoms with Gasteiger partial charge in [-0.1, -0.05) is 0 Å². The lowest BCUT2D eigenvalue weighted by molar-refractivity contribution is -0.117. The van der Waals surface area contributed by atoms with E-state index >= 15 is 0 Å². The number of hydrogen-bond acceptors (Lipinski definition) is 4. The Balaban J connectivity index is 1.46. The minimum absolute atomic E-state index is 0.192. The first-order valence-electron chi connectivity index (χ1n) is 7.90. The normalized spacial score (nSPS) is 31.6. The van der Waals surface area contributed by atoms with Crippen LogP contribution in [0.25, 0.3) is 0 Å². The summed E-state index contributed by atoms with van der Waals surface area (Å²) in [7, 11) is 0. The molecular formula is C16H22N2O2S. The van der Waals surface area contributed by atoms with Gasteiger partial charge in [0.1, 0.15) is 0 Å². The van der Waals surface area contributed by atoms with Crippen molar-refractivity contribution in [3.8, 4) is 0 Å². The van der Waals surface area contributed by atoms with Crippen LogP contribution in [0.4, 0.5) is 5.69 Å². The minimum atomic E-state index is 0.192. The zero-order valence-corrected chi connectivity index (χ0v) is 13.1. The van der Waals surface area contributed by atoms with E-state index in [1.807, 2.05) is 4.90 Å². The van der Waals surface area contributed by atoms with Gasteiger partial charge < -0.3 is 9.64 Å². The molecule has 3 aliphatic heterocycles. The Morgan fingerprint density at radius 2 is 2.14 bits per heavy atom. The molecule has 4 nitrogen and oxygen atoms in total. The fraction of sp³-hybridized carbons (Fsp3) is 0.688. The van der Waals surface area contributed by atoms with Gasteiger partial charge in [0.15, 0.2) is 0 Å². The third-order valence-corrected chi connectivity index (χ3v) is 5.98. The van der Waals surface area contributed by atoms with Crippen molar-refractivity contribution in [1.29, 1.82) is 0 Å². The summed E-state index contributed by atoms with van der Waals surface area (Å²) in [5, 5.41) is 4.14. The molecule has 21 heavy (non-hydrogen) atoms. The predicted molar refractivity (Wildman–Crippen MR) is 83.8 cm³/mol. The van der Waals surface area contributed by atoms with Gasteiger partial charge in [-0.2, -0.15) is 11.3 Å². The highest BCUT2D eigenvalue weighted by molar-refractivity contribution is 7.08. The monoisotopic (exact) mass is 306 g/mol. The third kappa shape index (κ3) is 2.51. The van der Waals surface area contributed by atoms with Crippen LogP contribution in [0.15, 0.2) is 16.8 Å². The zero-order valence-electron chi connectivity index (χ0n) is 12.3. The van der Waals surface area contributed by atoms with Crippen LogP contribution in [0.3, 0.4) is 0 Å². The van der Waals surface area contributed by atoms with Gasteiger partial charge >= 0.3 is 0 Å². The summed E-state index contributed by atoms with van der Waals surface area (Å²) in [6, 6.07) is 2.73. The number of nitrogens with zero attached hydrogens (tertiary/aromatic N) is 2. The molecule has 4 rings (SSSR count). The molecule has 1 spiro atoms. The van der Waals surface area contributed by atoms with Crippen LogP contribution in [0.5, 0.6) is 0 Å². The summed E-state index contributed by atoms with van der Waals surface area (Å²) in [6.45, 7) is 4.93. The van der Waals surface area contributed by atoms with Crippen LogP contribution >= 0.6 is 11.3 Å². The third-order valence-electron chi connectivity index (χ3n) is 5.31. The number of ether oxygens (including phenoxy) is 1. The van der Waals surface area contributed by atoms with E-state index in [1.54, 1.807) is 11.3 Å².